The molecule has 4 rings (SSSR count). The highest BCUT2D eigenvalue weighted by Gasteiger charge is 2.16. The molecule has 2 aromatic heterocycles. The second-order valence-corrected chi connectivity index (χ2v) is 6.81. The molecule has 1 amide bonds. The maximum atomic E-state index is 13.0. The normalized spacial score (nSPS) is 12.1. The van der Waals surface area contributed by atoms with E-state index in [4.69, 9.17) is 5.73 Å². The van der Waals surface area contributed by atoms with Gasteiger partial charge in [-0.2, -0.15) is 4.98 Å². The van der Waals surface area contributed by atoms with Crippen LogP contribution in [0.15, 0.2) is 67.0 Å². The monoisotopic (exact) mass is 371 g/mol. The first-order chi connectivity index (χ1) is 13.5. The summed E-state index contributed by atoms with van der Waals surface area (Å²) in [4.78, 5) is 21.2. The van der Waals surface area contributed by atoms with E-state index in [9.17, 15) is 4.79 Å². The highest BCUT2D eigenvalue weighted by atomic mass is 16.1. The Labute approximate surface area is 163 Å². The quantitative estimate of drug-likeness (QED) is 0.571. The van der Waals surface area contributed by atoms with Crippen molar-refractivity contribution >= 4 is 22.8 Å². The Kier molecular flexibility index (Phi) is 4.53. The fourth-order valence-corrected chi connectivity index (χ4v) is 3.36. The molecule has 0 aliphatic heterocycles. The van der Waals surface area contributed by atoms with Crippen LogP contribution in [-0.2, 0) is 0 Å². The third kappa shape index (κ3) is 3.32. The number of nitrogen functional groups attached to an aromatic ring is 1. The van der Waals surface area contributed by atoms with Crippen molar-refractivity contribution in [1.29, 1.82) is 0 Å². The number of amides is 1. The smallest absolute Gasteiger partial charge is 0.252 e. The highest BCUT2D eigenvalue weighted by Crippen LogP contribution is 2.24. The summed E-state index contributed by atoms with van der Waals surface area (Å²) in [5.41, 5.74) is 9.46. The highest BCUT2D eigenvalue weighted by molar-refractivity contribution is 6.07. The number of carbonyl (C=O) groups is 1. The van der Waals surface area contributed by atoms with Gasteiger partial charge in [0.25, 0.3) is 5.91 Å². The molecule has 2 aromatic carbocycles. The summed E-state index contributed by atoms with van der Waals surface area (Å²) in [5.74, 6) is 0.757. The summed E-state index contributed by atoms with van der Waals surface area (Å²) in [7, 11) is 0. The van der Waals surface area contributed by atoms with Crippen molar-refractivity contribution < 1.29 is 4.79 Å². The summed E-state index contributed by atoms with van der Waals surface area (Å²) in [5, 5.41) is 3.95. The molecule has 6 nitrogen and oxygen atoms in total. The number of anilines is 1. The molecule has 0 aliphatic rings. The third-order valence-corrected chi connectivity index (χ3v) is 4.77. The van der Waals surface area contributed by atoms with Crippen LogP contribution in [0.3, 0.4) is 0 Å². The average Bonchev–Trinajstić information content (AvgIpc) is 3.12. The molecule has 0 bridgehead atoms. The molecule has 1 unspecified atom stereocenters. The van der Waals surface area contributed by atoms with E-state index in [2.05, 4.69) is 21.4 Å². The fourth-order valence-electron chi connectivity index (χ4n) is 3.36. The van der Waals surface area contributed by atoms with E-state index in [1.54, 1.807) is 12.3 Å². The Hall–Kier alpha value is -3.67. The lowest BCUT2D eigenvalue weighted by molar-refractivity contribution is 0.0941. The number of benzene rings is 2. The molecule has 0 saturated carbocycles. The summed E-state index contributed by atoms with van der Waals surface area (Å²) < 4.78 is 1.90. The van der Waals surface area contributed by atoms with Gasteiger partial charge >= 0.3 is 0 Å². The summed E-state index contributed by atoms with van der Waals surface area (Å²) in [6, 6.07) is 17.4. The van der Waals surface area contributed by atoms with Gasteiger partial charge in [0.15, 0.2) is 0 Å². The van der Waals surface area contributed by atoms with E-state index < -0.39 is 0 Å². The molecule has 0 radical (unpaired) electrons. The summed E-state index contributed by atoms with van der Waals surface area (Å²) >= 11 is 0. The Bertz CT molecular complexity index is 1160. The van der Waals surface area contributed by atoms with Crippen molar-refractivity contribution in [2.75, 3.05) is 5.73 Å². The zero-order chi connectivity index (χ0) is 19.7. The van der Waals surface area contributed by atoms with Crippen LogP contribution in [0.2, 0.25) is 0 Å². The van der Waals surface area contributed by atoms with Crippen molar-refractivity contribution in [2.24, 2.45) is 0 Å². The lowest BCUT2D eigenvalue weighted by Crippen LogP contribution is -2.26. The van der Waals surface area contributed by atoms with Crippen LogP contribution in [0.1, 0.15) is 34.5 Å². The molecule has 0 spiro atoms. The number of aromatic nitrogens is 3. The van der Waals surface area contributed by atoms with E-state index >= 15 is 0 Å². The Morgan fingerprint density at radius 1 is 1.14 bits per heavy atom. The Morgan fingerprint density at radius 3 is 2.75 bits per heavy atom. The number of aryl methyl sites for hydroxylation is 1. The van der Waals surface area contributed by atoms with E-state index in [0.29, 0.717) is 11.4 Å². The standard InChI is InChI=1S/C22H21N5O/c1-14-5-3-6-16(13-14)15(2)25-21(28)18-7-4-8-19-17(18)10-12-27(19)20-9-11-24-22(23)26-20/h3-13,15H,1-2H3,(H,25,28)(H2,23,24,26). The van der Waals surface area contributed by atoms with E-state index in [-0.39, 0.29) is 17.9 Å². The van der Waals surface area contributed by atoms with Crippen molar-refractivity contribution in [3.8, 4) is 5.82 Å². The topological polar surface area (TPSA) is 85.8 Å². The van der Waals surface area contributed by atoms with Crippen molar-refractivity contribution in [3.05, 3.63) is 83.7 Å². The molecule has 0 aliphatic carbocycles. The molecule has 6 heteroatoms. The number of carbonyl (C=O) groups excluding carboxylic acids is 1. The molecule has 140 valence electrons. The van der Waals surface area contributed by atoms with Gasteiger partial charge in [-0.25, -0.2) is 4.98 Å². The second kappa shape index (κ2) is 7.15. The number of hydrogen-bond acceptors (Lipinski definition) is 4. The average molecular weight is 371 g/mol. The van der Waals surface area contributed by atoms with Crippen LogP contribution in [0.4, 0.5) is 5.95 Å². The van der Waals surface area contributed by atoms with Crippen LogP contribution in [0.25, 0.3) is 16.7 Å². The predicted molar refractivity (Wildman–Crippen MR) is 110 cm³/mol. The predicted octanol–water partition coefficient (Wildman–Crippen LogP) is 3.80. The molecule has 28 heavy (non-hydrogen) atoms. The fraction of sp³-hybridized carbons (Fsp3) is 0.136. The van der Waals surface area contributed by atoms with Crippen molar-refractivity contribution in [1.82, 2.24) is 19.9 Å². The molecular weight excluding hydrogens is 350 g/mol. The first-order valence-electron chi connectivity index (χ1n) is 9.09. The Balaban J connectivity index is 1.67. The zero-order valence-electron chi connectivity index (χ0n) is 15.8. The lowest BCUT2D eigenvalue weighted by atomic mass is 10.0. The zero-order valence-corrected chi connectivity index (χ0v) is 15.8. The first kappa shape index (κ1) is 17.7. The van der Waals surface area contributed by atoms with E-state index in [1.807, 2.05) is 67.1 Å². The molecule has 4 aromatic rings. The first-order valence-corrected chi connectivity index (χ1v) is 9.09. The van der Waals surface area contributed by atoms with Gasteiger partial charge in [-0.3, -0.25) is 4.79 Å². The van der Waals surface area contributed by atoms with Gasteiger partial charge in [0.2, 0.25) is 5.95 Å². The van der Waals surface area contributed by atoms with Gasteiger partial charge in [-0.1, -0.05) is 35.9 Å². The van der Waals surface area contributed by atoms with Crippen LogP contribution < -0.4 is 11.1 Å². The molecule has 0 fully saturated rings. The largest absolute Gasteiger partial charge is 0.368 e. The van der Waals surface area contributed by atoms with Crippen LogP contribution in [0.5, 0.6) is 0 Å². The molecule has 3 N–H and O–H groups in total. The Morgan fingerprint density at radius 2 is 1.96 bits per heavy atom. The third-order valence-electron chi connectivity index (χ3n) is 4.77. The molecule has 2 heterocycles. The number of rotatable bonds is 4. The number of nitrogens with two attached hydrogens (primary N) is 1. The minimum Gasteiger partial charge on any atom is -0.368 e. The second-order valence-electron chi connectivity index (χ2n) is 6.81. The van der Waals surface area contributed by atoms with Crippen LogP contribution in [0, 0.1) is 6.92 Å². The van der Waals surface area contributed by atoms with Gasteiger partial charge in [0, 0.05) is 23.3 Å². The number of nitrogens with one attached hydrogen (secondary N) is 1. The maximum Gasteiger partial charge on any atom is 0.252 e. The van der Waals surface area contributed by atoms with Crippen LogP contribution in [-0.4, -0.2) is 20.4 Å². The van der Waals surface area contributed by atoms with Crippen molar-refractivity contribution in [2.45, 2.75) is 19.9 Å². The molecule has 0 saturated heterocycles. The van der Waals surface area contributed by atoms with Crippen molar-refractivity contribution in [3.63, 3.8) is 0 Å². The molecule has 1 atom stereocenters. The minimum absolute atomic E-state index is 0.0913. The number of hydrogen-bond donors (Lipinski definition) is 2. The van der Waals surface area contributed by atoms with E-state index in [0.717, 1.165) is 16.5 Å². The van der Waals surface area contributed by atoms with Gasteiger partial charge in [-0.15, -0.1) is 0 Å². The van der Waals surface area contributed by atoms with Gasteiger partial charge in [-0.05, 0) is 43.7 Å². The van der Waals surface area contributed by atoms with Gasteiger partial charge in [0.05, 0.1) is 11.6 Å². The summed E-state index contributed by atoms with van der Waals surface area (Å²) in [6.45, 7) is 4.03. The minimum atomic E-state index is -0.112. The molecular formula is C22H21N5O. The SMILES string of the molecule is Cc1cccc(C(C)NC(=O)c2cccc3c2ccn3-c2ccnc(N)n2)c1. The summed E-state index contributed by atoms with van der Waals surface area (Å²) in [6.07, 6.45) is 3.50. The number of fused-ring (bicyclic) bond motifs is 1. The van der Waals surface area contributed by atoms with Gasteiger partial charge < -0.3 is 15.6 Å². The van der Waals surface area contributed by atoms with Crippen LogP contribution >= 0.6 is 0 Å². The lowest BCUT2D eigenvalue weighted by Gasteiger charge is -2.15. The van der Waals surface area contributed by atoms with E-state index in [1.165, 1.54) is 5.56 Å². The van der Waals surface area contributed by atoms with Gasteiger partial charge in [0.1, 0.15) is 5.82 Å². The maximum absolute atomic E-state index is 13.0. The number of nitrogens with zero attached hydrogens (tertiary/aromatic N) is 3.